The first-order valence-corrected chi connectivity index (χ1v) is 7.70. The summed E-state index contributed by atoms with van der Waals surface area (Å²) in [5.41, 5.74) is 0.194. The molecule has 0 unspecified atom stereocenters. The molecule has 1 aromatic carbocycles. The third-order valence-electron chi connectivity index (χ3n) is 2.83. The second-order valence-electron chi connectivity index (χ2n) is 4.74. The molecular weight excluding hydrogens is 296 g/mol. The number of hydrogen-bond acceptors (Lipinski definition) is 5. The van der Waals surface area contributed by atoms with Gasteiger partial charge in [-0.15, -0.1) is 0 Å². The van der Waals surface area contributed by atoms with Gasteiger partial charge in [0.25, 0.3) is 0 Å². The molecule has 1 rings (SSSR count). The molecule has 0 amide bonds. The number of hydrogen-bond donors (Lipinski definition) is 1. The van der Waals surface area contributed by atoms with Gasteiger partial charge in [0.15, 0.2) is 0 Å². The van der Waals surface area contributed by atoms with E-state index in [0.29, 0.717) is 5.69 Å². The smallest absolute Gasteiger partial charge is 0.339 e. The molecule has 0 saturated heterocycles. The number of rotatable bonds is 6. The molecule has 1 N–H and O–H groups in total. The summed E-state index contributed by atoms with van der Waals surface area (Å²) in [6.45, 7) is 2.01. The minimum Gasteiger partial charge on any atom is -0.493 e. The highest BCUT2D eigenvalue weighted by Crippen LogP contribution is 2.33. The Hall–Kier alpha value is -1.80. The number of carboxylic acid groups (broad SMARTS) is 1. The van der Waals surface area contributed by atoms with E-state index in [1.807, 2.05) is 0 Å². The van der Waals surface area contributed by atoms with Crippen molar-refractivity contribution >= 4 is 21.7 Å². The Morgan fingerprint density at radius 1 is 1.24 bits per heavy atom. The van der Waals surface area contributed by atoms with Gasteiger partial charge in [-0.1, -0.05) is 0 Å². The second kappa shape index (κ2) is 6.31. The Balaban J connectivity index is 3.71. The average Bonchev–Trinajstić information content (AvgIpc) is 2.37. The summed E-state index contributed by atoms with van der Waals surface area (Å²) < 4.78 is 31.1. The van der Waals surface area contributed by atoms with Crippen LogP contribution in [-0.4, -0.2) is 58.6 Å². The van der Waals surface area contributed by atoms with E-state index >= 15 is 0 Å². The zero-order chi connectivity index (χ0) is 16.4. The molecule has 21 heavy (non-hydrogen) atoms. The second-order valence-corrected chi connectivity index (χ2v) is 6.86. The average molecular weight is 316 g/mol. The SMILES string of the molecule is CCOc1cc(N(C)C)c(S(=O)(=O)N(C)C)cc1C(=O)O. The van der Waals surface area contributed by atoms with E-state index in [2.05, 4.69) is 0 Å². The molecular formula is C13H20N2O5S. The van der Waals surface area contributed by atoms with Crippen LogP contribution in [0.15, 0.2) is 17.0 Å². The van der Waals surface area contributed by atoms with Crippen LogP contribution in [0.4, 0.5) is 5.69 Å². The van der Waals surface area contributed by atoms with Crippen LogP contribution in [-0.2, 0) is 10.0 Å². The Morgan fingerprint density at radius 3 is 2.19 bits per heavy atom. The maximum atomic E-state index is 12.4. The van der Waals surface area contributed by atoms with Gasteiger partial charge in [0.2, 0.25) is 10.0 Å². The van der Waals surface area contributed by atoms with E-state index in [1.165, 1.54) is 20.2 Å². The predicted molar refractivity (Wildman–Crippen MR) is 79.8 cm³/mol. The number of ether oxygens (including phenoxy) is 1. The lowest BCUT2D eigenvalue weighted by Gasteiger charge is -2.22. The van der Waals surface area contributed by atoms with Crippen LogP contribution in [0.3, 0.4) is 0 Å². The molecule has 0 heterocycles. The highest BCUT2D eigenvalue weighted by atomic mass is 32.2. The highest BCUT2D eigenvalue weighted by molar-refractivity contribution is 7.89. The number of anilines is 1. The van der Waals surface area contributed by atoms with E-state index < -0.39 is 16.0 Å². The molecule has 0 bridgehead atoms. The van der Waals surface area contributed by atoms with Gasteiger partial charge < -0.3 is 14.7 Å². The zero-order valence-electron chi connectivity index (χ0n) is 12.7. The molecule has 0 aliphatic carbocycles. The Labute approximate surface area is 124 Å². The van der Waals surface area contributed by atoms with Gasteiger partial charge in [0.05, 0.1) is 12.3 Å². The lowest BCUT2D eigenvalue weighted by atomic mass is 10.1. The molecule has 0 aliphatic heterocycles. The van der Waals surface area contributed by atoms with Crippen LogP contribution in [0.2, 0.25) is 0 Å². The molecule has 0 fully saturated rings. The fourth-order valence-electron chi connectivity index (χ4n) is 1.74. The summed E-state index contributed by atoms with van der Waals surface area (Å²) in [5.74, 6) is -1.09. The minimum absolute atomic E-state index is 0.0710. The monoisotopic (exact) mass is 316 g/mol. The van der Waals surface area contributed by atoms with Crippen molar-refractivity contribution in [3.63, 3.8) is 0 Å². The number of sulfonamides is 1. The van der Waals surface area contributed by atoms with Crippen LogP contribution < -0.4 is 9.64 Å². The minimum atomic E-state index is -3.77. The van der Waals surface area contributed by atoms with Crippen molar-refractivity contribution in [2.24, 2.45) is 0 Å². The van der Waals surface area contributed by atoms with E-state index in [-0.39, 0.29) is 22.8 Å². The van der Waals surface area contributed by atoms with Gasteiger partial charge in [0, 0.05) is 34.3 Å². The molecule has 8 heteroatoms. The zero-order valence-corrected chi connectivity index (χ0v) is 13.6. The lowest BCUT2D eigenvalue weighted by Crippen LogP contribution is -2.25. The van der Waals surface area contributed by atoms with Gasteiger partial charge in [-0.25, -0.2) is 17.5 Å². The van der Waals surface area contributed by atoms with Gasteiger partial charge in [-0.3, -0.25) is 0 Å². The van der Waals surface area contributed by atoms with E-state index in [4.69, 9.17) is 4.74 Å². The molecule has 0 saturated carbocycles. The Kier molecular flexibility index (Phi) is 5.19. The van der Waals surface area contributed by atoms with Crippen LogP contribution in [0.25, 0.3) is 0 Å². The van der Waals surface area contributed by atoms with Gasteiger partial charge in [-0.2, -0.15) is 0 Å². The molecule has 0 spiro atoms. The van der Waals surface area contributed by atoms with E-state index in [0.717, 1.165) is 10.4 Å². The number of carbonyl (C=O) groups is 1. The standard InChI is InChI=1S/C13H20N2O5S/c1-6-20-11-8-10(14(2)3)12(7-9(11)13(16)17)21(18,19)15(4)5/h7-8H,6H2,1-5H3,(H,16,17). The number of carboxylic acids is 1. The quantitative estimate of drug-likeness (QED) is 0.845. The molecule has 118 valence electrons. The summed E-state index contributed by atoms with van der Waals surface area (Å²) in [6.07, 6.45) is 0. The number of nitrogens with zero attached hydrogens (tertiary/aromatic N) is 2. The molecule has 0 aromatic heterocycles. The third kappa shape index (κ3) is 3.45. The highest BCUT2D eigenvalue weighted by Gasteiger charge is 2.26. The molecule has 1 aromatic rings. The van der Waals surface area contributed by atoms with Gasteiger partial charge in [-0.05, 0) is 13.0 Å². The van der Waals surface area contributed by atoms with Crippen LogP contribution in [0, 0.1) is 0 Å². The van der Waals surface area contributed by atoms with E-state index in [1.54, 1.807) is 25.9 Å². The molecule has 0 aliphatic rings. The fraction of sp³-hybridized carbons (Fsp3) is 0.462. The van der Waals surface area contributed by atoms with Crippen molar-refractivity contribution in [2.45, 2.75) is 11.8 Å². The summed E-state index contributed by atoms with van der Waals surface area (Å²) in [6, 6.07) is 2.57. The van der Waals surface area contributed by atoms with Crippen molar-refractivity contribution < 1.29 is 23.1 Å². The van der Waals surface area contributed by atoms with Crippen molar-refractivity contribution in [2.75, 3.05) is 39.7 Å². The van der Waals surface area contributed by atoms with Crippen LogP contribution in [0.1, 0.15) is 17.3 Å². The van der Waals surface area contributed by atoms with Crippen molar-refractivity contribution in [1.82, 2.24) is 4.31 Å². The summed E-state index contributed by atoms with van der Waals surface area (Å²) >= 11 is 0. The first-order valence-electron chi connectivity index (χ1n) is 6.26. The molecule has 7 nitrogen and oxygen atoms in total. The summed E-state index contributed by atoms with van der Waals surface area (Å²) in [5, 5.41) is 9.25. The first-order chi connectivity index (χ1) is 9.62. The largest absolute Gasteiger partial charge is 0.493 e. The van der Waals surface area contributed by atoms with Crippen molar-refractivity contribution in [3.05, 3.63) is 17.7 Å². The third-order valence-corrected chi connectivity index (χ3v) is 4.68. The fourth-order valence-corrected chi connectivity index (χ4v) is 2.91. The van der Waals surface area contributed by atoms with Crippen LogP contribution in [0.5, 0.6) is 5.75 Å². The van der Waals surface area contributed by atoms with E-state index in [9.17, 15) is 18.3 Å². The van der Waals surface area contributed by atoms with Crippen LogP contribution >= 0.6 is 0 Å². The van der Waals surface area contributed by atoms with Gasteiger partial charge in [0.1, 0.15) is 16.2 Å². The number of aromatic carboxylic acids is 1. The topological polar surface area (TPSA) is 87.2 Å². The van der Waals surface area contributed by atoms with Crippen molar-refractivity contribution in [1.29, 1.82) is 0 Å². The maximum Gasteiger partial charge on any atom is 0.339 e. The Bertz CT molecular complexity index is 638. The Morgan fingerprint density at radius 2 is 1.81 bits per heavy atom. The summed E-state index contributed by atoms with van der Waals surface area (Å²) in [4.78, 5) is 12.9. The molecule has 0 atom stereocenters. The lowest BCUT2D eigenvalue weighted by molar-refractivity contribution is 0.0692. The van der Waals surface area contributed by atoms with Gasteiger partial charge >= 0.3 is 5.97 Å². The van der Waals surface area contributed by atoms with Crippen molar-refractivity contribution in [3.8, 4) is 5.75 Å². The normalized spacial score (nSPS) is 11.5. The maximum absolute atomic E-state index is 12.4. The summed E-state index contributed by atoms with van der Waals surface area (Å²) in [7, 11) is 2.38. The molecule has 0 radical (unpaired) electrons. The predicted octanol–water partition coefficient (Wildman–Crippen LogP) is 1.10. The number of benzene rings is 1. The first kappa shape index (κ1) is 17.3.